The van der Waals surface area contributed by atoms with Crippen LogP contribution < -0.4 is 5.32 Å². The molecule has 3 nitrogen and oxygen atoms in total. The molecule has 1 heterocycles. The molecule has 1 aromatic carbocycles. The van der Waals surface area contributed by atoms with Gasteiger partial charge in [0.2, 0.25) is 5.91 Å². The smallest absolute Gasteiger partial charge is 0.227 e. The fourth-order valence-electron chi connectivity index (χ4n) is 5.89. The first kappa shape index (κ1) is 23.4. The highest BCUT2D eigenvalue weighted by Crippen LogP contribution is 2.41. The number of carbonyl (C=O) groups excluding carboxylic acids is 2. The summed E-state index contributed by atoms with van der Waals surface area (Å²) in [7, 11) is 0. The van der Waals surface area contributed by atoms with Gasteiger partial charge in [-0.15, -0.1) is 0 Å². The number of ketones is 1. The third kappa shape index (κ3) is 4.76. The van der Waals surface area contributed by atoms with Crippen molar-refractivity contribution < 1.29 is 9.59 Å². The van der Waals surface area contributed by atoms with Crippen LogP contribution in [0.25, 0.3) is 0 Å². The number of hydrogen-bond acceptors (Lipinski definition) is 3. The molecule has 32 heavy (non-hydrogen) atoms. The molecule has 1 fully saturated rings. The van der Waals surface area contributed by atoms with Gasteiger partial charge in [0.1, 0.15) is 0 Å². The summed E-state index contributed by atoms with van der Waals surface area (Å²) in [5.74, 6) is 1.54. The predicted molar refractivity (Wildman–Crippen MR) is 133 cm³/mol. The second kappa shape index (κ2) is 9.99. The average Bonchev–Trinajstić information content (AvgIpc) is 2.96. The maximum absolute atomic E-state index is 13.4. The van der Waals surface area contributed by atoms with E-state index in [0.29, 0.717) is 17.6 Å². The van der Waals surface area contributed by atoms with E-state index in [-0.39, 0.29) is 17.7 Å². The number of fused-ring (bicyclic) bond motifs is 1. The molecule has 1 amide bonds. The summed E-state index contributed by atoms with van der Waals surface area (Å²) < 4.78 is 0. The minimum atomic E-state index is 0.0653. The normalized spacial score (nSPS) is 28.6. The van der Waals surface area contributed by atoms with Crippen LogP contribution in [0, 0.1) is 30.6 Å². The summed E-state index contributed by atoms with van der Waals surface area (Å²) in [5, 5.41) is 4.22. The van der Waals surface area contributed by atoms with Crippen LogP contribution >= 0.6 is 11.8 Å². The van der Waals surface area contributed by atoms with E-state index in [1.54, 1.807) is 11.8 Å². The van der Waals surface area contributed by atoms with Gasteiger partial charge in [-0.2, -0.15) is 0 Å². The molecule has 2 atom stereocenters. The third-order valence-corrected chi connectivity index (χ3v) is 9.17. The highest BCUT2D eigenvalue weighted by Gasteiger charge is 2.36. The van der Waals surface area contributed by atoms with Crippen molar-refractivity contribution in [3.05, 3.63) is 56.5 Å². The highest BCUT2D eigenvalue weighted by molar-refractivity contribution is 8.06. The molecular formula is C28H37NO2S. The van der Waals surface area contributed by atoms with Crippen LogP contribution in [0.3, 0.4) is 0 Å². The number of carbonyl (C=O) groups is 2. The van der Waals surface area contributed by atoms with E-state index in [4.69, 9.17) is 0 Å². The van der Waals surface area contributed by atoms with Crippen molar-refractivity contribution in [3.63, 3.8) is 0 Å². The first-order chi connectivity index (χ1) is 15.4. The van der Waals surface area contributed by atoms with Gasteiger partial charge in [0, 0.05) is 23.3 Å². The Hall–Kier alpha value is -1.81. The van der Waals surface area contributed by atoms with Gasteiger partial charge in [-0.3, -0.25) is 9.59 Å². The number of Topliss-reactive ketones (excluding diaryl/α,β-unsaturated/α-hetero) is 1. The van der Waals surface area contributed by atoms with E-state index < -0.39 is 0 Å². The number of rotatable bonds is 4. The van der Waals surface area contributed by atoms with Crippen LogP contribution in [0.2, 0.25) is 0 Å². The molecule has 1 N–H and O–H groups in total. The van der Waals surface area contributed by atoms with Gasteiger partial charge in [-0.25, -0.2) is 0 Å². The van der Waals surface area contributed by atoms with Gasteiger partial charge in [-0.1, -0.05) is 42.5 Å². The summed E-state index contributed by atoms with van der Waals surface area (Å²) in [4.78, 5) is 27.7. The van der Waals surface area contributed by atoms with E-state index in [2.05, 4.69) is 45.2 Å². The molecule has 0 aromatic heterocycles. The van der Waals surface area contributed by atoms with Gasteiger partial charge in [0.25, 0.3) is 0 Å². The quantitative estimate of drug-likeness (QED) is 0.503. The van der Waals surface area contributed by atoms with Gasteiger partial charge in [0.05, 0.1) is 5.03 Å². The molecule has 0 bridgehead atoms. The lowest BCUT2D eigenvalue weighted by atomic mass is 9.72. The fourth-order valence-corrected chi connectivity index (χ4v) is 6.92. The van der Waals surface area contributed by atoms with Gasteiger partial charge >= 0.3 is 0 Å². The van der Waals surface area contributed by atoms with Crippen LogP contribution in [0.15, 0.2) is 39.8 Å². The lowest BCUT2D eigenvalue weighted by molar-refractivity contribution is -0.125. The topological polar surface area (TPSA) is 46.2 Å². The monoisotopic (exact) mass is 451 g/mol. The second-order valence-corrected chi connectivity index (χ2v) is 11.2. The summed E-state index contributed by atoms with van der Waals surface area (Å²) in [6, 6.07) is 6.17. The summed E-state index contributed by atoms with van der Waals surface area (Å²) in [5.41, 5.74) is 4.88. The maximum atomic E-state index is 13.4. The molecule has 0 radical (unpaired) electrons. The minimum absolute atomic E-state index is 0.0653. The standard InChI is InChI=1S/C28H37NO2S/c1-5-20-16-26(32-19(4)18(20)3)29-28(31)22-14-12-21(13-15-22)24-10-7-9-23-17(2)8-6-11-25(23)27(24)30/h6,8,11,16,20-22,24H,5,7,9-10,12-15H2,1-4H3,(H,29,31). The number of amides is 1. The zero-order valence-corrected chi connectivity index (χ0v) is 20.8. The predicted octanol–water partition coefficient (Wildman–Crippen LogP) is 6.96. The van der Waals surface area contributed by atoms with Crippen LogP contribution in [0.4, 0.5) is 0 Å². The molecule has 1 saturated carbocycles. The minimum Gasteiger partial charge on any atom is -0.320 e. The highest BCUT2D eigenvalue weighted by atomic mass is 32.2. The van der Waals surface area contributed by atoms with E-state index in [0.717, 1.165) is 62.0 Å². The Morgan fingerprint density at radius 3 is 2.56 bits per heavy atom. The number of aryl methyl sites for hydroxylation is 1. The zero-order valence-electron chi connectivity index (χ0n) is 20.0. The third-order valence-electron chi connectivity index (χ3n) is 8.08. The van der Waals surface area contributed by atoms with Crippen molar-refractivity contribution in [3.8, 4) is 0 Å². The van der Waals surface area contributed by atoms with Gasteiger partial charge < -0.3 is 5.32 Å². The van der Waals surface area contributed by atoms with Crippen molar-refractivity contribution >= 4 is 23.5 Å². The number of nitrogens with one attached hydrogen (secondary N) is 1. The summed E-state index contributed by atoms with van der Waals surface area (Å²) in [6.45, 7) is 8.67. The van der Waals surface area contributed by atoms with Crippen molar-refractivity contribution in [1.82, 2.24) is 5.32 Å². The molecule has 0 saturated heterocycles. The molecular weight excluding hydrogens is 414 g/mol. The molecule has 0 spiro atoms. The largest absolute Gasteiger partial charge is 0.320 e. The van der Waals surface area contributed by atoms with E-state index in [1.807, 2.05) is 12.1 Å². The van der Waals surface area contributed by atoms with Crippen molar-refractivity contribution in [2.45, 2.75) is 79.1 Å². The SMILES string of the molecule is CCC1C=C(NC(=O)C2CCC(C3CCCc4c(C)cccc4C3=O)CC2)SC(C)=C1C. The van der Waals surface area contributed by atoms with Crippen LogP contribution in [0.1, 0.15) is 87.2 Å². The Morgan fingerprint density at radius 2 is 1.84 bits per heavy atom. The number of benzene rings is 1. The Bertz CT molecular complexity index is 952. The number of allylic oxidation sites excluding steroid dienone is 3. The summed E-state index contributed by atoms with van der Waals surface area (Å²) in [6.07, 6.45) is 10.1. The average molecular weight is 452 g/mol. The first-order valence-corrected chi connectivity index (χ1v) is 13.2. The molecule has 4 heteroatoms. The molecule has 3 aliphatic rings. The van der Waals surface area contributed by atoms with Crippen molar-refractivity contribution in [2.24, 2.45) is 23.7 Å². The second-order valence-electron chi connectivity index (χ2n) is 9.95. The molecule has 1 aliphatic heterocycles. The van der Waals surface area contributed by atoms with E-state index in [9.17, 15) is 9.59 Å². The Balaban J connectivity index is 1.36. The fraction of sp³-hybridized carbons (Fsp3) is 0.571. The van der Waals surface area contributed by atoms with E-state index in [1.165, 1.54) is 21.6 Å². The Morgan fingerprint density at radius 1 is 1.09 bits per heavy atom. The lowest BCUT2D eigenvalue weighted by Crippen LogP contribution is -2.35. The lowest BCUT2D eigenvalue weighted by Gasteiger charge is -2.33. The van der Waals surface area contributed by atoms with E-state index >= 15 is 0 Å². The molecule has 2 aliphatic carbocycles. The van der Waals surface area contributed by atoms with Gasteiger partial charge in [0.15, 0.2) is 5.78 Å². The number of hydrogen-bond donors (Lipinski definition) is 1. The van der Waals surface area contributed by atoms with Crippen LogP contribution in [-0.2, 0) is 11.2 Å². The Kier molecular flexibility index (Phi) is 7.29. The maximum Gasteiger partial charge on any atom is 0.227 e. The molecule has 1 aromatic rings. The molecule has 4 rings (SSSR count). The summed E-state index contributed by atoms with van der Waals surface area (Å²) >= 11 is 1.69. The first-order valence-electron chi connectivity index (χ1n) is 12.4. The molecule has 172 valence electrons. The van der Waals surface area contributed by atoms with Crippen molar-refractivity contribution in [2.75, 3.05) is 0 Å². The molecule has 2 unspecified atom stereocenters. The van der Waals surface area contributed by atoms with Gasteiger partial charge in [-0.05, 0) is 100 Å². The number of thioether (sulfide) groups is 1. The van der Waals surface area contributed by atoms with Crippen LogP contribution in [0.5, 0.6) is 0 Å². The van der Waals surface area contributed by atoms with Crippen molar-refractivity contribution in [1.29, 1.82) is 0 Å². The Labute approximate surface area is 197 Å². The zero-order chi connectivity index (χ0) is 22.8. The van der Waals surface area contributed by atoms with Crippen LogP contribution in [-0.4, -0.2) is 11.7 Å².